The van der Waals surface area contributed by atoms with E-state index in [1.807, 2.05) is 6.07 Å². The molecule has 168 valence electrons. The molecule has 3 N–H and O–H groups in total. The van der Waals surface area contributed by atoms with Crippen LogP contribution in [0.1, 0.15) is 43.9 Å². The standard InChI is InChI=1S/C22H25F3N2O3S/c1-21(2,31(29,30)18-10-6-9-15(13-18)22(23,24)25)16-11-17(12-16)27-20(28)19(26)14-7-4-3-5-8-14/h3-10,13,16-17,19H,11-12,26H2,1-2H3,(H,27,28)/t16-,17+,19-/m0/s1. The highest BCUT2D eigenvalue weighted by atomic mass is 32.2. The number of amides is 1. The predicted octanol–water partition coefficient (Wildman–Crippen LogP) is 3.85. The largest absolute Gasteiger partial charge is 0.416 e. The third-order valence-electron chi connectivity index (χ3n) is 6.07. The van der Waals surface area contributed by atoms with E-state index in [-0.39, 0.29) is 22.8 Å². The monoisotopic (exact) mass is 454 g/mol. The van der Waals surface area contributed by atoms with Crippen LogP contribution in [0.4, 0.5) is 13.2 Å². The fraction of sp³-hybridized carbons (Fsp3) is 0.409. The SMILES string of the molecule is CC(C)([C@H]1C[C@@H](NC(=O)[C@@H](N)c2ccccc2)C1)S(=O)(=O)c1cccc(C(F)(F)F)c1. The van der Waals surface area contributed by atoms with Crippen molar-refractivity contribution in [2.45, 2.75) is 54.6 Å². The summed E-state index contributed by atoms with van der Waals surface area (Å²) in [7, 11) is -4.03. The van der Waals surface area contributed by atoms with E-state index in [2.05, 4.69) is 5.32 Å². The van der Waals surface area contributed by atoms with Crippen molar-refractivity contribution in [2.75, 3.05) is 0 Å². The maximum Gasteiger partial charge on any atom is 0.416 e. The maximum atomic E-state index is 13.1. The summed E-state index contributed by atoms with van der Waals surface area (Å²) in [6.07, 6.45) is -3.82. The predicted molar refractivity (Wildman–Crippen MR) is 111 cm³/mol. The first-order chi connectivity index (χ1) is 14.3. The van der Waals surface area contributed by atoms with E-state index in [4.69, 9.17) is 5.73 Å². The molecular weight excluding hydrogens is 429 g/mol. The molecule has 2 aromatic carbocycles. The molecule has 5 nitrogen and oxygen atoms in total. The Balaban J connectivity index is 1.67. The van der Waals surface area contributed by atoms with E-state index in [0.29, 0.717) is 24.5 Å². The van der Waals surface area contributed by atoms with E-state index < -0.39 is 32.4 Å². The van der Waals surface area contributed by atoms with Gasteiger partial charge in [-0.1, -0.05) is 36.4 Å². The van der Waals surface area contributed by atoms with Gasteiger partial charge in [0, 0.05) is 6.04 Å². The Kier molecular flexibility index (Phi) is 6.21. The first kappa shape index (κ1) is 23.3. The smallest absolute Gasteiger partial charge is 0.352 e. The van der Waals surface area contributed by atoms with E-state index in [9.17, 15) is 26.4 Å². The quantitative estimate of drug-likeness (QED) is 0.694. The fourth-order valence-electron chi connectivity index (χ4n) is 3.77. The molecule has 9 heteroatoms. The average Bonchev–Trinajstić information content (AvgIpc) is 2.69. The molecule has 0 unspecified atom stereocenters. The minimum atomic E-state index is -4.63. The number of hydrogen-bond donors (Lipinski definition) is 2. The molecule has 0 aromatic heterocycles. The Morgan fingerprint density at radius 2 is 1.68 bits per heavy atom. The average molecular weight is 455 g/mol. The van der Waals surface area contributed by atoms with Crippen molar-refractivity contribution < 1.29 is 26.4 Å². The highest BCUT2D eigenvalue weighted by Crippen LogP contribution is 2.44. The summed E-state index contributed by atoms with van der Waals surface area (Å²) in [6.45, 7) is 3.03. The van der Waals surface area contributed by atoms with E-state index in [1.165, 1.54) is 19.9 Å². The second-order valence-electron chi connectivity index (χ2n) is 8.39. The van der Waals surface area contributed by atoms with Gasteiger partial charge in [-0.25, -0.2) is 8.42 Å². The van der Waals surface area contributed by atoms with Gasteiger partial charge in [0.2, 0.25) is 5.91 Å². The number of nitrogens with two attached hydrogens (primary N) is 1. The molecule has 0 heterocycles. The molecular formula is C22H25F3N2O3S. The van der Waals surface area contributed by atoms with Crippen LogP contribution in [0.25, 0.3) is 0 Å². The number of carbonyl (C=O) groups is 1. The molecule has 1 atom stereocenters. The molecule has 31 heavy (non-hydrogen) atoms. The van der Waals surface area contributed by atoms with Crippen LogP contribution in [0.5, 0.6) is 0 Å². The summed E-state index contributed by atoms with van der Waals surface area (Å²) in [6, 6.07) is 11.6. The number of halogens is 3. The van der Waals surface area contributed by atoms with Crippen molar-refractivity contribution >= 4 is 15.7 Å². The van der Waals surface area contributed by atoms with Crippen molar-refractivity contribution in [1.29, 1.82) is 0 Å². The topological polar surface area (TPSA) is 89.3 Å². The Bertz CT molecular complexity index is 1050. The van der Waals surface area contributed by atoms with E-state index in [0.717, 1.165) is 12.1 Å². The molecule has 0 bridgehead atoms. The Morgan fingerprint density at radius 1 is 1.06 bits per heavy atom. The van der Waals surface area contributed by atoms with Gasteiger partial charge in [-0.05, 0) is 56.4 Å². The summed E-state index contributed by atoms with van der Waals surface area (Å²) in [4.78, 5) is 12.0. The molecule has 3 rings (SSSR count). The van der Waals surface area contributed by atoms with Crippen LogP contribution in [-0.4, -0.2) is 25.1 Å². The summed E-state index contributed by atoms with van der Waals surface area (Å²) >= 11 is 0. The lowest BCUT2D eigenvalue weighted by atomic mass is 9.73. The van der Waals surface area contributed by atoms with Crippen molar-refractivity contribution in [2.24, 2.45) is 11.7 Å². The van der Waals surface area contributed by atoms with Crippen molar-refractivity contribution in [3.05, 3.63) is 65.7 Å². The minimum absolute atomic E-state index is 0.233. The van der Waals surface area contributed by atoms with Crippen LogP contribution in [0, 0.1) is 5.92 Å². The number of alkyl halides is 3. The molecule has 1 amide bonds. The van der Waals surface area contributed by atoms with Gasteiger partial charge in [0.15, 0.2) is 9.84 Å². The molecule has 0 spiro atoms. The first-order valence-corrected chi connectivity index (χ1v) is 11.3. The zero-order chi connectivity index (χ0) is 23.0. The zero-order valence-corrected chi connectivity index (χ0v) is 18.0. The van der Waals surface area contributed by atoms with Gasteiger partial charge in [0.25, 0.3) is 0 Å². The van der Waals surface area contributed by atoms with Crippen LogP contribution in [0.15, 0.2) is 59.5 Å². The molecule has 0 radical (unpaired) electrons. The highest BCUT2D eigenvalue weighted by molar-refractivity contribution is 7.92. The lowest BCUT2D eigenvalue weighted by molar-refractivity contribution is -0.137. The first-order valence-electron chi connectivity index (χ1n) is 9.87. The van der Waals surface area contributed by atoms with Gasteiger partial charge in [-0.15, -0.1) is 0 Å². The molecule has 0 saturated heterocycles. The van der Waals surface area contributed by atoms with E-state index >= 15 is 0 Å². The summed E-state index contributed by atoms with van der Waals surface area (Å²) in [5.74, 6) is -0.668. The number of nitrogens with one attached hydrogen (secondary N) is 1. The number of benzene rings is 2. The minimum Gasteiger partial charge on any atom is -0.352 e. The third-order valence-corrected chi connectivity index (χ3v) is 8.67. The number of carbonyl (C=O) groups excluding carboxylic acids is 1. The van der Waals surface area contributed by atoms with Gasteiger partial charge >= 0.3 is 6.18 Å². The van der Waals surface area contributed by atoms with Crippen molar-refractivity contribution in [3.8, 4) is 0 Å². The fourth-order valence-corrected chi connectivity index (χ4v) is 5.55. The van der Waals surface area contributed by atoms with E-state index in [1.54, 1.807) is 24.3 Å². The van der Waals surface area contributed by atoms with Crippen LogP contribution in [0.2, 0.25) is 0 Å². The maximum absolute atomic E-state index is 13.1. The lowest BCUT2D eigenvalue weighted by Crippen LogP contribution is -2.54. The van der Waals surface area contributed by atoms with Crippen LogP contribution in [0.3, 0.4) is 0 Å². The zero-order valence-electron chi connectivity index (χ0n) is 17.2. The van der Waals surface area contributed by atoms with Crippen LogP contribution >= 0.6 is 0 Å². The molecule has 1 saturated carbocycles. The summed E-state index contributed by atoms with van der Waals surface area (Å²) in [5, 5.41) is 2.83. The van der Waals surface area contributed by atoms with Gasteiger partial charge < -0.3 is 11.1 Å². The number of sulfone groups is 1. The Morgan fingerprint density at radius 3 is 2.26 bits per heavy atom. The van der Waals surface area contributed by atoms with Gasteiger partial charge in [0.1, 0.15) is 6.04 Å². The summed E-state index contributed by atoms with van der Waals surface area (Å²) < 4.78 is 63.9. The molecule has 1 aliphatic carbocycles. The second-order valence-corrected chi connectivity index (χ2v) is 10.9. The van der Waals surface area contributed by atoms with Crippen LogP contribution in [-0.2, 0) is 20.8 Å². The Labute approximate surface area is 179 Å². The third kappa shape index (κ3) is 4.62. The number of hydrogen-bond acceptors (Lipinski definition) is 4. The lowest BCUT2D eigenvalue weighted by Gasteiger charge is -2.45. The summed E-state index contributed by atoms with van der Waals surface area (Å²) in [5.41, 5.74) is 5.65. The molecule has 2 aromatic rings. The van der Waals surface area contributed by atoms with Gasteiger partial charge in [-0.3, -0.25) is 4.79 Å². The molecule has 1 aliphatic rings. The Hall–Kier alpha value is -2.39. The van der Waals surface area contributed by atoms with Crippen molar-refractivity contribution in [3.63, 3.8) is 0 Å². The second kappa shape index (κ2) is 8.27. The van der Waals surface area contributed by atoms with Crippen molar-refractivity contribution in [1.82, 2.24) is 5.32 Å². The number of rotatable bonds is 6. The normalized spacial score (nSPS) is 20.6. The highest BCUT2D eigenvalue weighted by Gasteiger charge is 2.49. The van der Waals surface area contributed by atoms with Gasteiger partial charge in [-0.2, -0.15) is 13.2 Å². The molecule has 1 fully saturated rings. The van der Waals surface area contributed by atoms with Crippen LogP contribution < -0.4 is 11.1 Å². The van der Waals surface area contributed by atoms with Gasteiger partial charge in [0.05, 0.1) is 15.2 Å². The molecule has 0 aliphatic heterocycles.